The zero-order valence-corrected chi connectivity index (χ0v) is 13.2. The molecule has 0 heterocycles. The maximum Gasteiger partial charge on any atom is 0.119 e. The molecule has 0 atom stereocenters. The summed E-state index contributed by atoms with van der Waals surface area (Å²) in [6.45, 7) is 4.02. The summed E-state index contributed by atoms with van der Waals surface area (Å²) in [4.78, 5) is 0. The number of rotatable bonds is 8. The number of hydrogen-bond donors (Lipinski definition) is 2. The smallest absolute Gasteiger partial charge is 0.119 e. The van der Waals surface area contributed by atoms with E-state index in [-0.39, 0.29) is 12.1 Å². The van der Waals surface area contributed by atoms with Gasteiger partial charge in [-0.15, -0.1) is 0 Å². The molecule has 3 nitrogen and oxygen atoms in total. The van der Waals surface area contributed by atoms with E-state index in [1.54, 1.807) is 0 Å². The van der Waals surface area contributed by atoms with Gasteiger partial charge in [-0.2, -0.15) is 0 Å². The van der Waals surface area contributed by atoms with Crippen molar-refractivity contribution in [2.24, 2.45) is 0 Å². The molecule has 0 radical (unpaired) electrons. The quantitative estimate of drug-likeness (QED) is 0.718. The summed E-state index contributed by atoms with van der Waals surface area (Å²) in [5, 5.41) is 13.3. The van der Waals surface area contributed by atoms with Crippen LogP contribution in [0.3, 0.4) is 0 Å². The molecule has 0 aliphatic heterocycles. The van der Waals surface area contributed by atoms with Crippen LogP contribution in [0.4, 0.5) is 0 Å². The molecule has 21 heavy (non-hydrogen) atoms. The van der Waals surface area contributed by atoms with Gasteiger partial charge in [0.1, 0.15) is 5.75 Å². The second-order valence-corrected chi connectivity index (χ2v) is 6.20. The average molecular weight is 291 g/mol. The monoisotopic (exact) mass is 291 g/mol. The summed E-state index contributed by atoms with van der Waals surface area (Å²) in [7, 11) is 0. The van der Waals surface area contributed by atoms with Crippen molar-refractivity contribution in [1.82, 2.24) is 5.32 Å². The first-order valence-electron chi connectivity index (χ1n) is 8.36. The highest BCUT2D eigenvalue weighted by atomic mass is 16.5. The first-order chi connectivity index (χ1) is 10.3. The third-order valence-electron chi connectivity index (χ3n) is 4.47. The summed E-state index contributed by atoms with van der Waals surface area (Å²) >= 11 is 0. The topological polar surface area (TPSA) is 41.5 Å². The molecule has 1 aliphatic carbocycles. The van der Waals surface area contributed by atoms with Crippen LogP contribution in [0.5, 0.6) is 5.75 Å². The highest BCUT2D eigenvalue weighted by Gasteiger charge is 2.30. The van der Waals surface area contributed by atoms with E-state index in [0.717, 1.165) is 44.6 Å². The highest BCUT2D eigenvalue weighted by molar-refractivity contribution is 5.27. The molecule has 0 saturated heterocycles. The van der Waals surface area contributed by atoms with Gasteiger partial charge in [-0.3, -0.25) is 0 Å². The molecule has 1 aliphatic rings. The summed E-state index contributed by atoms with van der Waals surface area (Å²) in [5.41, 5.74) is 1.19. The first-order valence-corrected chi connectivity index (χ1v) is 8.36. The number of aliphatic hydroxyl groups excluding tert-OH is 1. The molecule has 0 bridgehead atoms. The molecule has 0 spiro atoms. The summed E-state index contributed by atoms with van der Waals surface area (Å²) in [6.07, 6.45) is 8.17. The summed E-state index contributed by atoms with van der Waals surface area (Å²) in [6, 6.07) is 8.31. The molecule has 2 N–H and O–H groups in total. The first kappa shape index (κ1) is 16.3. The average Bonchev–Trinajstić information content (AvgIpc) is 2.55. The molecule has 1 saturated carbocycles. The van der Waals surface area contributed by atoms with Crippen molar-refractivity contribution in [1.29, 1.82) is 0 Å². The zero-order valence-electron chi connectivity index (χ0n) is 13.2. The van der Waals surface area contributed by atoms with Crippen LogP contribution < -0.4 is 10.1 Å². The van der Waals surface area contributed by atoms with E-state index in [2.05, 4.69) is 24.4 Å². The lowest BCUT2D eigenvalue weighted by atomic mass is 9.82. The Bertz CT molecular complexity index is 396. The van der Waals surface area contributed by atoms with E-state index < -0.39 is 0 Å². The van der Waals surface area contributed by atoms with Crippen LogP contribution in [0.2, 0.25) is 0 Å². The van der Waals surface area contributed by atoms with Crippen LogP contribution >= 0.6 is 0 Å². The predicted molar refractivity (Wildman–Crippen MR) is 86.6 cm³/mol. The van der Waals surface area contributed by atoms with Crippen molar-refractivity contribution in [2.75, 3.05) is 13.2 Å². The molecule has 1 fully saturated rings. The van der Waals surface area contributed by atoms with Crippen molar-refractivity contribution >= 4 is 0 Å². The Morgan fingerprint density at radius 3 is 2.48 bits per heavy atom. The predicted octanol–water partition coefficient (Wildman–Crippen LogP) is 3.65. The number of aliphatic hydroxyl groups is 1. The van der Waals surface area contributed by atoms with Crippen LogP contribution in [-0.2, 0) is 6.54 Å². The van der Waals surface area contributed by atoms with E-state index in [1.807, 2.05) is 12.1 Å². The van der Waals surface area contributed by atoms with E-state index in [0.29, 0.717) is 0 Å². The van der Waals surface area contributed by atoms with Crippen LogP contribution in [0.1, 0.15) is 57.4 Å². The largest absolute Gasteiger partial charge is 0.494 e. The molecule has 1 aromatic carbocycles. The molecule has 118 valence electrons. The lowest BCUT2D eigenvalue weighted by Gasteiger charge is -2.36. The van der Waals surface area contributed by atoms with Crippen LogP contribution in [0, 0.1) is 0 Å². The highest BCUT2D eigenvalue weighted by Crippen LogP contribution is 2.28. The normalized spacial score (nSPS) is 17.6. The van der Waals surface area contributed by atoms with Gasteiger partial charge in [0.05, 0.1) is 13.2 Å². The molecule has 0 unspecified atom stereocenters. The number of nitrogens with one attached hydrogen (secondary N) is 1. The Morgan fingerprint density at radius 1 is 1.14 bits per heavy atom. The van der Waals surface area contributed by atoms with Gasteiger partial charge in [0, 0.05) is 12.1 Å². The van der Waals surface area contributed by atoms with Gasteiger partial charge < -0.3 is 15.2 Å². The third-order valence-corrected chi connectivity index (χ3v) is 4.47. The standard InChI is InChI=1S/C18H29NO2/c1-2-3-13-21-17-9-7-16(8-10-17)14-19-18(15-20)11-5-4-6-12-18/h7-10,19-20H,2-6,11-15H2,1H3. The summed E-state index contributed by atoms with van der Waals surface area (Å²) in [5.74, 6) is 0.946. The van der Waals surface area contributed by atoms with Gasteiger partial charge in [0.25, 0.3) is 0 Å². The lowest BCUT2D eigenvalue weighted by Crippen LogP contribution is -2.49. The van der Waals surface area contributed by atoms with Crippen molar-refractivity contribution < 1.29 is 9.84 Å². The van der Waals surface area contributed by atoms with Gasteiger partial charge in [-0.1, -0.05) is 44.7 Å². The van der Waals surface area contributed by atoms with Gasteiger partial charge in [0.15, 0.2) is 0 Å². The third kappa shape index (κ3) is 5.01. The molecule has 2 rings (SSSR count). The van der Waals surface area contributed by atoms with E-state index in [9.17, 15) is 5.11 Å². The fourth-order valence-electron chi connectivity index (χ4n) is 2.95. The Kier molecular flexibility index (Phi) is 6.52. The maximum atomic E-state index is 9.70. The van der Waals surface area contributed by atoms with Crippen LogP contribution in [0.25, 0.3) is 0 Å². The molecular formula is C18H29NO2. The lowest BCUT2D eigenvalue weighted by molar-refractivity contribution is 0.119. The van der Waals surface area contributed by atoms with E-state index in [4.69, 9.17) is 4.74 Å². The molecule has 0 amide bonds. The Morgan fingerprint density at radius 2 is 1.86 bits per heavy atom. The van der Waals surface area contributed by atoms with Gasteiger partial charge in [0.2, 0.25) is 0 Å². The molecule has 3 heteroatoms. The van der Waals surface area contributed by atoms with Crippen LogP contribution in [-0.4, -0.2) is 23.9 Å². The molecule has 0 aromatic heterocycles. The fourth-order valence-corrected chi connectivity index (χ4v) is 2.95. The van der Waals surface area contributed by atoms with Crippen molar-refractivity contribution in [2.45, 2.75) is 64.0 Å². The van der Waals surface area contributed by atoms with Crippen molar-refractivity contribution in [3.8, 4) is 5.75 Å². The van der Waals surface area contributed by atoms with Gasteiger partial charge in [-0.25, -0.2) is 0 Å². The van der Waals surface area contributed by atoms with Crippen LogP contribution in [0.15, 0.2) is 24.3 Å². The van der Waals surface area contributed by atoms with Gasteiger partial charge in [-0.05, 0) is 37.0 Å². The molecular weight excluding hydrogens is 262 g/mol. The van der Waals surface area contributed by atoms with E-state index >= 15 is 0 Å². The SMILES string of the molecule is CCCCOc1ccc(CNC2(CO)CCCCC2)cc1. The zero-order chi connectivity index (χ0) is 15.0. The van der Waals surface area contributed by atoms with Crippen molar-refractivity contribution in [3.63, 3.8) is 0 Å². The Labute approximate surface area is 128 Å². The number of hydrogen-bond acceptors (Lipinski definition) is 3. The second-order valence-electron chi connectivity index (χ2n) is 6.20. The van der Waals surface area contributed by atoms with E-state index in [1.165, 1.54) is 24.8 Å². The number of ether oxygens (including phenoxy) is 1. The fraction of sp³-hybridized carbons (Fsp3) is 0.667. The summed E-state index contributed by atoms with van der Waals surface area (Å²) < 4.78 is 5.68. The minimum absolute atomic E-state index is 0.0610. The Balaban J connectivity index is 1.82. The second kappa shape index (κ2) is 8.40. The number of benzene rings is 1. The maximum absolute atomic E-state index is 9.70. The van der Waals surface area contributed by atoms with Gasteiger partial charge >= 0.3 is 0 Å². The van der Waals surface area contributed by atoms with Crippen molar-refractivity contribution in [3.05, 3.63) is 29.8 Å². The Hall–Kier alpha value is -1.06. The minimum Gasteiger partial charge on any atom is -0.494 e. The molecule has 1 aromatic rings. The minimum atomic E-state index is -0.0610. The number of unbranched alkanes of at least 4 members (excludes halogenated alkanes) is 1.